The molecule has 0 fully saturated rings. The molecule has 0 aliphatic rings. The SMILES string of the molecule is Cc1cc(C)c(NC(=O)CC(=O)Nc2cc(C(F)(F)F)ccc2Cl)c(C)c1. The Hall–Kier alpha value is -2.54. The van der Waals surface area contributed by atoms with Crippen molar-refractivity contribution in [1.82, 2.24) is 0 Å². The number of alkyl halides is 3. The molecule has 0 atom stereocenters. The zero-order chi connectivity index (χ0) is 20.4. The summed E-state index contributed by atoms with van der Waals surface area (Å²) in [5.41, 5.74) is 2.20. The molecule has 0 radical (unpaired) electrons. The van der Waals surface area contributed by atoms with E-state index in [2.05, 4.69) is 10.6 Å². The third kappa shape index (κ3) is 5.47. The summed E-state index contributed by atoms with van der Waals surface area (Å²) >= 11 is 5.83. The number of nitrogens with one attached hydrogen (secondary N) is 2. The molecule has 27 heavy (non-hydrogen) atoms. The molecule has 2 aromatic rings. The van der Waals surface area contributed by atoms with Crippen molar-refractivity contribution in [1.29, 1.82) is 0 Å². The van der Waals surface area contributed by atoms with Crippen molar-refractivity contribution >= 4 is 34.8 Å². The zero-order valence-corrected chi connectivity index (χ0v) is 15.7. The van der Waals surface area contributed by atoms with Gasteiger partial charge >= 0.3 is 6.18 Å². The molecule has 0 bridgehead atoms. The van der Waals surface area contributed by atoms with Gasteiger partial charge in [0.25, 0.3) is 0 Å². The molecule has 0 aliphatic heterocycles. The maximum Gasteiger partial charge on any atom is 0.416 e. The van der Waals surface area contributed by atoms with Gasteiger partial charge < -0.3 is 10.6 Å². The van der Waals surface area contributed by atoms with Crippen LogP contribution in [0.3, 0.4) is 0 Å². The molecule has 0 aromatic heterocycles. The van der Waals surface area contributed by atoms with Crippen molar-refractivity contribution in [2.75, 3.05) is 10.6 Å². The van der Waals surface area contributed by atoms with E-state index in [9.17, 15) is 22.8 Å². The van der Waals surface area contributed by atoms with Gasteiger partial charge in [-0.15, -0.1) is 0 Å². The molecule has 2 aromatic carbocycles. The first kappa shape index (κ1) is 20.8. The van der Waals surface area contributed by atoms with Crippen molar-refractivity contribution in [2.45, 2.75) is 33.4 Å². The number of hydrogen-bond acceptors (Lipinski definition) is 2. The Balaban J connectivity index is 2.07. The molecule has 0 aliphatic carbocycles. The molecule has 0 unspecified atom stereocenters. The van der Waals surface area contributed by atoms with Crippen molar-refractivity contribution < 1.29 is 22.8 Å². The molecule has 2 amide bonds. The minimum atomic E-state index is -4.57. The highest BCUT2D eigenvalue weighted by atomic mass is 35.5. The smallest absolute Gasteiger partial charge is 0.325 e. The second-order valence-corrected chi connectivity index (χ2v) is 6.65. The summed E-state index contributed by atoms with van der Waals surface area (Å²) in [6.45, 7) is 5.59. The van der Waals surface area contributed by atoms with Gasteiger partial charge in [-0.2, -0.15) is 13.2 Å². The number of carbonyl (C=O) groups is 2. The van der Waals surface area contributed by atoms with Gasteiger partial charge in [0.05, 0.1) is 16.3 Å². The van der Waals surface area contributed by atoms with Gasteiger partial charge in [0, 0.05) is 5.69 Å². The minimum absolute atomic E-state index is 0.0537. The van der Waals surface area contributed by atoms with E-state index in [-0.39, 0.29) is 10.7 Å². The highest BCUT2D eigenvalue weighted by Crippen LogP contribution is 2.33. The molecule has 144 valence electrons. The largest absolute Gasteiger partial charge is 0.416 e. The molecule has 4 nitrogen and oxygen atoms in total. The molecule has 8 heteroatoms. The summed E-state index contributed by atoms with van der Waals surface area (Å²) in [5, 5.41) is 4.85. The number of carbonyl (C=O) groups excluding carboxylic acids is 2. The standard InChI is InChI=1S/C19H18ClF3N2O2/c1-10-6-11(2)18(12(3)7-10)25-17(27)9-16(26)24-15-8-13(19(21,22)23)4-5-14(15)20/h4-8H,9H2,1-3H3,(H,24,26)(H,25,27). The number of halogens is 4. The lowest BCUT2D eigenvalue weighted by Crippen LogP contribution is -2.22. The lowest BCUT2D eigenvalue weighted by atomic mass is 10.0. The molecule has 0 saturated carbocycles. The van der Waals surface area contributed by atoms with Gasteiger partial charge in [-0.05, 0) is 50.1 Å². The average molecular weight is 399 g/mol. The molecular weight excluding hydrogens is 381 g/mol. The van der Waals surface area contributed by atoms with Crippen molar-refractivity contribution in [3.8, 4) is 0 Å². The highest BCUT2D eigenvalue weighted by molar-refractivity contribution is 6.33. The first-order valence-corrected chi connectivity index (χ1v) is 8.39. The Morgan fingerprint density at radius 2 is 1.52 bits per heavy atom. The quantitative estimate of drug-likeness (QED) is 0.691. The number of aryl methyl sites for hydroxylation is 3. The molecule has 2 rings (SSSR count). The molecule has 2 N–H and O–H groups in total. The first-order chi connectivity index (χ1) is 12.5. The number of hydrogen-bond donors (Lipinski definition) is 2. The van der Waals surface area contributed by atoms with Crippen LogP contribution in [0.2, 0.25) is 5.02 Å². The van der Waals surface area contributed by atoms with Crippen LogP contribution in [0.5, 0.6) is 0 Å². The Bertz CT molecular complexity index is 872. The van der Waals surface area contributed by atoms with Gasteiger partial charge in [0.15, 0.2) is 0 Å². The Morgan fingerprint density at radius 1 is 0.963 bits per heavy atom. The van der Waals surface area contributed by atoms with Gasteiger partial charge in [0.2, 0.25) is 11.8 Å². The van der Waals surface area contributed by atoms with Crippen molar-refractivity contribution in [3.63, 3.8) is 0 Å². The normalized spacial score (nSPS) is 11.2. The van der Waals surface area contributed by atoms with E-state index in [1.807, 2.05) is 32.9 Å². The Labute approximate surface area is 159 Å². The second-order valence-electron chi connectivity index (χ2n) is 6.24. The number of rotatable bonds is 4. The summed E-state index contributed by atoms with van der Waals surface area (Å²) in [5.74, 6) is -1.35. The molecule has 0 spiro atoms. The van der Waals surface area contributed by atoms with E-state index >= 15 is 0 Å². The van der Waals surface area contributed by atoms with Crippen LogP contribution in [0.25, 0.3) is 0 Å². The number of benzene rings is 2. The monoisotopic (exact) mass is 398 g/mol. The topological polar surface area (TPSA) is 58.2 Å². The van der Waals surface area contributed by atoms with Gasteiger partial charge in [-0.3, -0.25) is 9.59 Å². The summed E-state index contributed by atoms with van der Waals surface area (Å²) in [4.78, 5) is 24.2. The highest BCUT2D eigenvalue weighted by Gasteiger charge is 2.31. The number of amides is 2. The Kier molecular flexibility index (Phi) is 6.15. The average Bonchev–Trinajstić information content (AvgIpc) is 2.51. The van der Waals surface area contributed by atoms with Gasteiger partial charge in [-0.25, -0.2) is 0 Å². The van der Waals surface area contributed by atoms with Crippen LogP contribution >= 0.6 is 11.6 Å². The van der Waals surface area contributed by atoms with E-state index in [4.69, 9.17) is 11.6 Å². The van der Waals surface area contributed by atoms with E-state index in [1.54, 1.807) is 0 Å². The predicted octanol–water partition coefficient (Wildman–Crippen LogP) is 5.25. The fourth-order valence-electron chi connectivity index (χ4n) is 2.70. The van der Waals surface area contributed by atoms with E-state index in [1.165, 1.54) is 0 Å². The fourth-order valence-corrected chi connectivity index (χ4v) is 2.86. The van der Waals surface area contributed by atoms with Crippen LogP contribution in [0.15, 0.2) is 30.3 Å². The van der Waals surface area contributed by atoms with E-state index < -0.39 is 30.0 Å². The lowest BCUT2D eigenvalue weighted by Gasteiger charge is -2.14. The zero-order valence-electron chi connectivity index (χ0n) is 14.9. The van der Waals surface area contributed by atoms with Gasteiger partial charge in [0.1, 0.15) is 6.42 Å². The molecule has 0 saturated heterocycles. The van der Waals surface area contributed by atoms with Gasteiger partial charge in [-0.1, -0.05) is 29.3 Å². The molecule has 0 heterocycles. The summed E-state index contributed by atoms with van der Waals surface area (Å²) in [7, 11) is 0. The van der Waals surface area contributed by atoms with Crippen LogP contribution in [-0.4, -0.2) is 11.8 Å². The maximum absolute atomic E-state index is 12.8. The van der Waals surface area contributed by atoms with Crippen molar-refractivity contribution in [2.24, 2.45) is 0 Å². The summed E-state index contributed by atoms with van der Waals surface area (Å²) < 4.78 is 38.3. The van der Waals surface area contributed by atoms with Crippen LogP contribution in [-0.2, 0) is 15.8 Å². The lowest BCUT2D eigenvalue weighted by molar-refractivity contribution is -0.137. The van der Waals surface area contributed by atoms with Crippen LogP contribution in [0.1, 0.15) is 28.7 Å². The van der Waals surface area contributed by atoms with Crippen LogP contribution in [0.4, 0.5) is 24.5 Å². The third-order valence-corrected chi connectivity index (χ3v) is 4.16. The van der Waals surface area contributed by atoms with Crippen LogP contribution in [0, 0.1) is 20.8 Å². The summed E-state index contributed by atoms with van der Waals surface area (Å²) in [6.07, 6.45) is -5.12. The molecular formula is C19H18ClF3N2O2. The first-order valence-electron chi connectivity index (χ1n) is 8.01. The second kappa shape index (κ2) is 8.00. The maximum atomic E-state index is 12.8. The number of anilines is 2. The minimum Gasteiger partial charge on any atom is -0.325 e. The van der Waals surface area contributed by atoms with E-state index in [0.717, 1.165) is 34.9 Å². The van der Waals surface area contributed by atoms with Crippen molar-refractivity contribution in [3.05, 3.63) is 57.6 Å². The third-order valence-electron chi connectivity index (χ3n) is 3.83. The fraction of sp³-hybridized carbons (Fsp3) is 0.263. The van der Waals surface area contributed by atoms with E-state index in [0.29, 0.717) is 5.69 Å². The van der Waals surface area contributed by atoms with Crippen LogP contribution < -0.4 is 10.6 Å². The Morgan fingerprint density at radius 3 is 2.07 bits per heavy atom. The predicted molar refractivity (Wildman–Crippen MR) is 99.0 cm³/mol. The summed E-state index contributed by atoms with van der Waals surface area (Å²) in [6, 6.07) is 6.37.